The Labute approximate surface area is 111 Å². The number of ether oxygens (including phenoxy) is 2. The van der Waals surface area contributed by atoms with Crippen molar-refractivity contribution in [3.63, 3.8) is 0 Å². The molecule has 0 unspecified atom stereocenters. The van der Waals surface area contributed by atoms with E-state index >= 15 is 0 Å². The average molecular weight is 261 g/mol. The zero-order valence-electron chi connectivity index (χ0n) is 10.7. The van der Waals surface area contributed by atoms with E-state index in [1.54, 1.807) is 36.4 Å². The second kappa shape index (κ2) is 6.20. The minimum absolute atomic E-state index is 0.175. The summed E-state index contributed by atoms with van der Waals surface area (Å²) < 4.78 is 24.6. The van der Waals surface area contributed by atoms with Crippen LogP contribution in [-0.2, 0) is 6.54 Å². The van der Waals surface area contributed by atoms with Gasteiger partial charge in [-0.15, -0.1) is 0 Å². The predicted molar refractivity (Wildman–Crippen MR) is 72.0 cm³/mol. The van der Waals surface area contributed by atoms with E-state index in [1.165, 1.54) is 6.07 Å². The van der Waals surface area contributed by atoms with Gasteiger partial charge in [-0.25, -0.2) is 4.39 Å². The highest BCUT2D eigenvalue weighted by molar-refractivity contribution is 5.40. The number of halogens is 1. The van der Waals surface area contributed by atoms with Crippen LogP contribution >= 0.6 is 0 Å². The molecule has 19 heavy (non-hydrogen) atoms. The summed E-state index contributed by atoms with van der Waals surface area (Å²) in [4.78, 5) is 0. The molecule has 3 nitrogen and oxygen atoms in total. The lowest BCUT2D eigenvalue weighted by Gasteiger charge is -2.11. The van der Waals surface area contributed by atoms with Crippen molar-refractivity contribution in [2.75, 3.05) is 6.61 Å². The SMILES string of the molecule is CCOc1ccc(Oc2c(F)cccc2CN)cc1. The number of rotatable bonds is 5. The van der Waals surface area contributed by atoms with Gasteiger partial charge in [0.25, 0.3) is 0 Å². The molecule has 0 spiro atoms. The molecule has 0 saturated heterocycles. The van der Waals surface area contributed by atoms with Crippen LogP contribution < -0.4 is 15.2 Å². The van der Waals surface area contributed by atoms with E-state index in [0.29, 0.717) is 17.9 Å². The Morgan fingerprint density at radius 2 is 1.74 bits per heavy atom. The Morgan fingerprint density at radius 1 is 1.05 bits per heavy atom. The topological polar surface area (TPSA) is 44.5 Å². The standard InChI is InChI=1S/C15H16FNO2/c1-2-18-12-6-8-13(9-7-12)19-15-11(10-17)4-3-5-14(15)16/h3-9H,2,10,17H2,1H3. The van der Waals surface area contributed by atoms with Crippen molar-refractivity contribution in [2.24, 2.45) is 5.73 Å². The molecule has 0 bridgehead atoms. The van der Waals surface area contributed by atoms with Crippen LogP contribution in [0.15, 0.2) is 42.5 Å². The summed E-state index contributed by atoms with van der Waals surface area (Å²) in [5.74, 6) is 1.05. The maximum atomic E-state index is 13.7. The monoisotopic (exact) mass is 261 g/mol. The van der Waals surface area contributed by atoms with Crippen LogP contribution in [-0.4, -0.2) is 6.61 Å². The molecular formula is C15H16FNO2. The van der Waals surface area contributed by atoms with E-state index in [1.807, 2.05) is 6.92 Å². The Balaban J connectivity index is 2.21. The van der Waals surface area contributed by atoms with E-state index in [9.17, 15) is 4.39 Å². The molecule has 0 amide bonds. The minimum atomic E-state index is -0.420. The lowest BCUT2D eigenvalue weighted by Crippen LogP contribution is -2.01. The number of hydrogen-bond donors (Lipinski definition) is 1. The molecule has 2 N–H and O–H groups in total. The Hall–Kier alpha value is -2.07. The molecule has 0 heterocycles. The van der Waals surface area contributed by atoms with Crippen molar-refractivity contribution >= 4 is 0 Å². The Bertz CT molecular complexity index is 540. The third kappa shape index (κ3) is 3.23. The van der Waals surface area contributed by atoms with Crippen LogP contribution in [0.4, 0.5) is 4.39 Å². The van der Waals surface area contributed by atoms with Crippen LogP contribution in [0, 0.1) is 5.82 Å². The van der Waals surface area contributed by atoms with Crippen LogP contribution in [0.5, 0.6) is 17.2 Å². The highest BCUT2D eigenvalue weighted by Crippen LogP contribution is 2.29. The second-order valence-electron chi connectivity index (χ2n) is 3.94. The molecule has 0 aliphatic carbocycles. The summed E-state index contributed by atoms with van der Waals surface area (Å²) in [6.45, 7) is 2.74. The normalized spacial score (nSPS) is 10.3. The molecule has 0 aromatic heterocycles. The van der Waals surface area contributed by atoms with Gasteiger partial charge >= 0.3 is 0 Å². The second-order valence-corrected chi connectivity index (χ2v) is 3.94. The van der Waals surface area contributed by atoms with E-state index in [0.717, 1.165) is 5.75 Å². The third-order valence-corrected chi connectivity index (χ3v) is 2.62. The zero-order valence-corrected chi connectivity index (χ0v) is 10.7. The molecule has 0 atom stereocenters. The van der Waals surface area contributed by atoms with Gasteiger partial charge in [-0.2, -0.15) is 0 Å². The summed E-state index contributed by atoms with van der Waals surface area (Å²) >= 11 is 0. The molecule has 2 rings (SSSR count). The molecular weight excluding hydrogens is 245 g/mol. The molecule has 0 saturated carbocycles. The zero-order chi connectivity index (χ0) is 13.7. The average Bonchev–Trinajstić information content (AvgIpc) is 2.43. The fourth-order valence-electron chi connectivity index (χ4n) is 1.72. The molecule has 0 fully saturated rings. The van der Waals surface area contributed by atoms with Crippen molar-refractivity contribution in [2.45, 2.75) is 13.5 Å². The summed E-state index contributed by atoms with van der Waals surface area (Å²) in [5.41, 5.74) is 6.20. The highest BCUT2D eigenvalue weighted by Gasteiger charge is 2.09. The van der Waals surface area contributed by atoms with E-state index in [2.05, 4.69) is 0 Å². The maximum Gasteiger partial charge on any atom is 0.167 e. The highest BCUT2D eigenvalue weighted by atomic mass is 19.1. The third-order valence-electron chi connectivity index (χ3n) is 2.62. The summed E-state index contributed by atoms with van der Waals surface area (Å²) in [5, 5.41) is 0. The van der Waals surface area contributed by atoms with Gasteiger partial charge in [-0.1, -0.05) is 12.1 Å². The Morgan fingerprint density at radius 3 is 2.37 bits per heavy atom. The lowest BCUT2D eigenvalue weighted by atomic mass is 10.2. The molecule has 0 aliphatic heterocycles. The van der Waals surface area contributed by atoms with Crippen molar-refractivity contribution in [1.29, 1.82) is 0 Å². The van der Waals surface area contributed by atoms with Gasteiger partial charge < -0.3 is 15.2 Å². The first-order valence-corrected chi connectivity index (χ1v) is 6.12. The van der Waals surface area contributed by atoms with Gasteiger partial charge in [0.05, 0.1) is 6.61 Å². The summed E-state index contributed by atoms with van der Waals surface area (Å²) in [7, 11) is 0. The van der Waals surface area contributed by atoms with Gasteiger partial charge in [0.2, 0.25) is 0 Å². The molecule has 0 aliphatic rings. The molecule has 2 aromatic carbocycles. The number of nitrogens with two attached hydrogens (primary N) is 1. The Kier molecular flexibility index (Phi) is 4.36. The van der Waals surface area contributed by atoms with E-state index < -0.39 is 5.82 Å². The number of benzene rings is 2. The van der Waals surface area contributed by atoms with Gasteiger partial charge in [0.1, 0.15) is 11.5 Å². The van der Waals surface area contributed by atoms with Crippen LogP contribution in [0.3, 0.4) is 0 Å². The summed E-state index contributed by atoms with van der Waals surface area (Å²) in [6.07, 6.45) is 0. The molecule has 4 heteroatoms. The molecule has 2 aromatic rings. The molecule has 100 valence electrons. The van der Waals surface area contributed by atoms with E-state index in [-0.39, 0.29) is 12.3 Å². The fraction of sp³-hybridized carbons (Fsp3) is 0.200. The van der Waals surface area contributed by atoms with Gasteiger partial charge in [0, 0.05) is 12.1 Å². The first-order chi connectivity index (χ1) is 9.24. The first-order valence-electron chi connectivity index (χ1n) is 6.12. The lowest BCUT2D eigenvalue weighted by molar-refractivity contribution is 0.339. The quantitative estimate of drug-likeness (QED) is 0.896. The van der Waals surface area contributed by atoms with E-state index in [4.69, 9.17) is 15.2 Å². The first kappa shape index (κ1) is 13.4. The van der Waals surface area contributed by atoms with Crippen LogP contribution in [0.25, 0.3) is 0 Å². The van der Waals surface area contributed by atoms with Gasteiger partial charge in [-0.3, -0.25) is 0 Å². The largest absolute Gasteiger partial charge is 0.494 e. The maximum absolute atomic E-state index is 13.7. The summed E-state index contributed by atoms with van der Waals surface area (Å²) in [6, 6.07) is 11.7. The van der Waals surface area contributed by atoms with Gasteiger partial charge in [0.15, 0.2) is 11.6 Å². The van der Waals surface area contributed by atoms with Crippen molar-refractivity contribution in [3.05, 3.63) is 53.8 Å². The number of para-hydroxylation sites is 1. The minimum Gasteiger partial charge on any atom is -0.494 e. The van der Waals surface area contributed by atoms with Crippen molar-refractivity contribution in [1.82, 2.24) is 0 Å². The smallest absolute Gasteiger partial charge is 0.167 e. The van der Waals surface area contributed by atoms with Crippen molar-refractivity contribution < 1.29 is 13.9 Å². The van der Waals surface area contributed by atoms with Crippen LogP contribution in [0.1, 0.15) is 12.5 Å². The van der Waals surface area contributed by atoms with Gasteiger partial charge in [-0.05, 0) is 37.3 Å². The van der Waals surface area contributed by atoms with Crippen molar-refractivity contribution in [3.8, 4) is 17.2 Å². The molecule has 0 radical (unpaired) electrons. The number of hydrogen-bond acceptors (Lipinski definition) is 3. The fourth-order valence-corrected chi connectivity index (χ4v) is 1.72. The van der Waals surface area contributed by atoms with Crippen LogP contribution in [0.2, 0.25) is 0 Å². The predicted octanol–water partition coefficient (Wildman–Crippen LogP) is 3.48.